The molecule has 1 heterocycles. The number of guanidine groups is 1. The molecule has 1 aromatic heterocycles. The van der Waals surface area contributed by atoms with Crippen LogP contribution < -0.4 is 10.6 Å². The van der Waals surface area contributed by atoms with Crippen LogP contribution in [0.5, 0.6) is 0 Å². The molecule has 7 nitrogen and oxygen atoms in total. The fraction of sp³-hybridized carbons (Fsp3) is 0.643. The van der Waals surface area contributed by atoms with Crippen LogP contribution in [0, 0.1) is 0 Å². The van der Waals surface area contributed by atoms with Crippen molar-refractivity contribution >= 4 is 11.9 Å². The maximum absolute atomic E-state index is 11.4. The van der Waals surface area contributed by atoms with E-state index in [1.807, 2.05) is 30.8 Å². The number of esters is 1. The zero-order chi connectivity index (χ0) is 15.5. The molecule has 0 fully saturated rings. The van der Waals surface area contributed by atoms with Crippen LogP contribution in [0.3, 0.4) is 0 Å². The SMILES string of the molecule is CN=C(NCCCn1cccn1)NCCC(=O)OC(C)C. The van der Waals surface area contributed by atoms with Gasteiger partial charge in [0.2, 0.25) is 0 Å². The number of aryl methyl sites for hydroxylation is 1. The van der Waals surface area contributed by atoms with E-state index in [0.29, 0.717) is 18.9 Å². The van der Waals surface area contributed by atoms with E-state index < -0.39 is 0 Å². The van der Waals surface area contributed by atoms with Gasteiger partial charge in [-0.3, -0.25) is 14.5 Å². The van der Waals surface area contributed by atoms with E-state index in [4.69, 9.17) is 4.74 Å². The van der Waals surface area contributed by atoms with E-state index in [1.165, 1.54) is 0 Å². The minimum Gasteiger partial charge on any atom is -0.463 e. The first-order valence-electron chi connectivity index (χ1n) is 7.23. The lowest BCUT2D eigenvalue weighted by Gasteiger charge is -2.12. The molecule has 21 heavy (non-hydrogen) atoms. The van der Waals surface area contributed by atoms with Gasteiger partial charge in [0.25, 0.3) is 0 Å². The highest BCUT2D eigenvalue weighted by atomic mass is 16.5. The number of hydrogen-bond acceptors (Lipinski definition) is 4. The number of carbonyl (C=O) groups excluding carboxylic acids is 1. The zero-order valence-electron chi connectivity index (χ0n) is 13.0. The Kier molecular flexibility index (Phi) is 7.93. The molecule has 0 saturated carbocycles. The molecule has 0 amide bonds. The highest BCUT2D eigenvalue weighted by Crippen LogP contribution is 1.92. The maximum Gasteiger partial charge on any atom is 0.307 e. The zero-order valence-corrected chi connectivity index (χ0v) is 13.0. The number of hydrogen-bond donors (Lipinski definition) is 2. The highest BCUT2D eigenvalue weighted by molar-refractivity contribution is 5.80. The molecule has 0 spiro atoms. The molecule has 0 aliphatic rings. The minimum atomic E-state index is -0.202. The molecular weight excluding hydrogens is 270 g/mol. The van der Waals surface area contributed by atoms with Crippen LogP contribution in [0.2, 0.25) is 0 Å². The molecule has 1 rings (SSSR count). The van der Waals surface area contributed by atoms with E-state index in [2.05, 4.69) is 20.7 Å². The van der Waals surface area contributed by atoms with Gasteiger partial charge in [-0.15, -0.1) is 0 Å². The predicted octanol–water partition coefficient (Wildman–Crippen LogP) is 0.780. The lowest BCUT2D eigenvalue weighted by atomic mass is 10.4. The molecule has 7 heteroatoms. The molecule has 0 aliphatic heterocycles. The van der Waals surface area contributed by atoms with Crippen molar-refractivity contribution in [2.75, 3.05) is 20.1 Å². The third-order valence-electron chi connectivity index (χ3n) is 2.63. The van der Waals surface area contributed by atoms with Gasteiger partial charge in [0.15, 0.2) is 5.96 Å². The smallest absolute Gasteiger partial charge is 0.307 e. The van der Waals surface area contributed by atoms with Gasteiger partial charge in [0.05, 0.1) is 12.5 Å². The average molecular weight is 295 g/mol. The van der Waals surface area contributed by atoms with Gasteiger partial charge in [-0.25, -0.2) is 0 Å². The predicted molar refractivity (Wildman–Crippen MR) is 82.1 cm³/mol. The summed E-state index contributed by atoms with van der Waals surface area (Å²) in [6.45, 7) is 5.83. The largest absolute Gasteiger partial charge is 0.463 e. The molecule has 1 aromatic rings. The van der Waals surface area contributed by atoms with Crippen molar-refractivity contribution in [3.05, 3.63) is 18.5 Å². The minimum absolute atomic E-state index is 0.0720. The van der Waals surface area contributed by atoms with Gasteiger partial charge in [0.1, 0.15) is 0 Å². The van der Waals surface area contributed by atoms with Crippen LogP contribution in [0.1, 0.15) is 26.7 Å². The fourth-order valence-corrected chi connectivity index (χ4v) is 1.71. The number of rotatable bonds is 8. The van der Waals surface area contributed by atoms with Gasteiger partial charge >= 0.3 is 5.97 Å². The van der Waals surface area contributed by atoms with E-state index in [0.717, 1.165) is 19.5 Å². The summed E-state index contributed by atoms with van der Waals surface area (Å²) in [4.78, 5) is 15.5. The molecular formula is C14H25N5O2. The monoisotopic (exact) mass is 295 g/mol. The van der Waals surface area contributed by atoms with E-state index in [-0.39, 0.29) is 12.1 Å². The molecule has 0 aliphatic carbocycles. The van der Waals surface area contributed by atoms with Crippen LogP contribution in [-0.2, 0) is 16.1 Å². The van der Waals surface area contributed by atoms with Gasteiger partial charge in [0, 0.05) is 39.1 Å². The van der Waals surface area contributed by atoms with Gasteiger partial charge < -0.3 is 15.4 Å². The van der Waals surface area contributed by atoms with Crippen molar-refractivity contribution in [2.24, 2.45) is 4.99 Å². The summed E-state index contributed by atoms with van der Waals surface area (Å²) in [6.07, 6.45) is 4.90. The summed E-state index contributed by atoms with van der Waals surface area (Å²) in [5.41, 5.74) is 0. The third kappa shape index (κ3) is 7.96. The van der Waals surface area contributed by atoms with Crippen molar-refractivity contribution < 1.29 is 9.53 Å². The number of nitrogens with zero attached hydrogens (tertiary/aromatic N) is 3. The Morgan fingerprint density at radius 3 is 2.76 bits per heavy atom. The maximum atomic E-state index is 11.4. The number of ether oxygens (including phenoxy) is 1. The first-order valence-corrected chi connectivity index (χ1v) is 7.23. The summed E-state index contributed by atoms with van der Waals surface area (Å²) >= 11 is 0. The van der Waals surface area contributed by atoms with Crippen molar-refractivity contribution in [1.29, 1.82) is 0 Å². The van der Waals surface area contributed by atoms with Gasteiger partial charge in [-0.1, -0.05) is 0 Å². The first kappa shape index (κ1) is 17.0. The van der Waals surface area contributed by atoms with Crippen LogP contribution >= 0.6 is 0 Å². The first-order chi connectivity index (χ1) is 10.1. The molecule has 0 unspecified atom stereocenters. The Labute approximate surface area is 125 Å². The normalized spacial score (nSPS) is 11.5. The van der Waals surface area contributed by atoms with Crippen LogP contribution in [0.15, 0.2) is 23.5 Å². The molecule has 0 aromatic carbocycles. The number of nitrogens with one attached hydrogen (secondary N) is 2. The number of carbonyl (C=O) groups is 1. The molecule has 2 N–H and O–H groups in total. The molecule has 118 valence electrons. The lowest BCUT2D eigenvalue weighted by molar-refractivity contribution is -0.147. The molecule has 0 saturated heterocycles. The van der Waals surface area contributed by atoms with Crippen molar-refractivity contribution in [3.63, 3.8) is 0 Å². The number of aliphatic imine (C=N–C) groups is 1. The van der Waals surface area contributed by atoms with Crippen LogP contribution in [0.4, 0.5) is 0 Å². The third-order valence-corrected chi connectivity index (χ3v) is 2.63. The Morgan fingerprint density at radius 2 is 2.14 bits per heavy atom. The summed E-state index contributed by atoms with van der Waals surface area (Å²) in [5.74, 6) is 0.486. The Hall–Kier alpha value is -2.05. The Morgan fingerprint density at radius 1 is 1.38 bits per heavy atom. The summed E-state index contributed by atoms with van der Waals surface area (Å²) < 4.78 is 6.95. The van der Waals surface area contributed by atoms with Crippen molar-refractivity contribution in [2.45, 2.75) is 39.3 Å². The fourth-order valence-electron chi connectivity index (χ4n) is 1.71. The standard InChI is InChI=1S/C14H25N5O2/c1-12(2)21-13(20)6-9-17-14(15-3)16-7-4-10-19-11-5-8-18-19/h5,8,11-12H,4,6-7,9-10H2,1-3H3,(H2,15,16,17). The lowest BCUT2D eigenvalue weighted by Crippen LogP contribution is -2.39. The quantitative estimate of drug-likeness (QED) is 0.321. The summed E-state index contributed by atoms with van der Waals surface area (Å²) in [5, 5.41) is 10.4. The Bertz CT molecular complexity index is 429. The van der Waals surface area contributed by atoms with Crippen LogP contribution in [-0.4, -0.2) is 48.0 Å². The second kappa shape index (κ2) is 9.79. The van der Waals surface area contributed by atoms with Crippen molar-refractivity contribution in [3.8, 4) is 0 Å². The van der Waals surface area contributed by atoms with Crippen molar-refractivity contribution in [1.82, 2.24) is 20.4 Å². The van der Waals surface area contributed by atoms with E-state index >= 15 is 0 Å². The van der Waals surface area contributed by atoms with Gasteiger partial charge in [-0.2, -0.15) is 5.10 Å². The summed E-state index contributed by atoms with van der Waals surface area (Å²) in [7, 11) is 1.70. The number of aromatic nitrogens is 2. The highest BCUT2D eigenvalue weighted by Gasteiger charge is 2.05. The topological polar surface area (TPSA) is 80.5 Å². The Balaban J connectivity index is 2.10. The second-order valence-electron chi connectivity index (χ2n) is 4.84. The summed E-state index contributed by atoms with van der Waals surface area (Å²) in [6, 6.07) is 1.91. The second-order valence-corrected chi connectivity index (χ2v) is 4.84. The average Bonchev–Trinajstić information content (AvgIpc) is 2.93. The molecule has 0 radical (unpaired) electrons. The van der Waals surface area contributed by atoms with E-state index in [9.17, 15) is 4.79 Å². The van der Waals surface area contributed by atoms with Gasteiger partial charge in [-0.05, 0) is 26.3 Å². The molecule has 0 bridgehead atoms. The van der Waals surface area contributed by atoms with E-state index in [1.54, 1.807) is 13.2 Å². The van der Waals surface area contributed by atoms with Crippen LogP contribution in [0.25, 0.3) is 0 Å². The molecule has 0 atom stereocenters.